The largest absolute Gasteiger partial charge is 0.486 e. The van der Waals surface area contributed by atoms with Crippen LogP contribution in [0.2, 0.25) is 0 Å². The highest BCUT2D eigenvalue weighted by atomic mass is 19.2. The number of benzene rings is 1. The van der Waals surface area contributed by atoms with Gasteiger partial charge in [-0.3, -0.25) is 5.10 Å². The van der Waals surface area contributed by atoms with Crippen molar-refractivity contribution in [3.8, 4) is 22.8 Å². The summed E-state index contributed by atoms with van der Waals surface area (Å²) in [5.41, 5.74) is 5.63. The first-order chi connectivity index (χ1) is 8.66. The van der Waals surface area contributed by atoms with Gasteiger partial charge in [0.05, 0.1) is 11.3 Å². The minimum atomic E-state index is -1.03. The number of hydrogen-bond acceptors (Lipinski definition) is 4. The fourth-order valence-electron chi connectivity index (χ4n) is 1.84. The maximum absolute atomic E-state index is 13.9. The third-order valence-electron chi connectivity index (χ3n) is 2.59. The number of halogens is 2. The molecule has 0 saturated carbocycles. The van der Waals surface area contributed by atoms with Crippen molar-refractivity contribution in [2.24, 2.45) is 0 Å². The number of nitrogen functional groups attached to an aromatic ring is 1. The molecule has 94 valence electrons. The number of aromatic nitrogens is 2. The molecule has 18 heavy (non-hydrogen) atoms. The number of fused-ring (bicyclic) bond motifs is 1. The van der Waals surface area contributed by atoms with Gasteiger partial charge in [-0.05, 0) is 0 Å². The van der Waals surface area contributed by atoms with E-state index in [0.717, 1.165) is 6.07 Å². The number of rotatable bonds is 1. The zero-order valence-corrected chi connectivity index (χ0v) is 9.17. The first kappa shape index (κ1) is 10.8. The lowest BCUT2D eigenvalue weighted by Crippen LogP contribution is -2.17. The van der Waals surface area contributed by atoms with Crippen LogP contribution >= 0.6 is 0 Å². The molecule has 1 aromatic carbocycles. The van der Waals surface area contributed by atoms with Gasteiger partial charge in [-0.1, -0.05) is 0 Å². The number of nitrogens with two attached hydrogens (primary N) is 1. The molecule has 2 heterocycles. The standard InChI is InChI=1S/C11H9F2N3O2/c12-5-3-7-11(18-2-1-17-7)9(10(5)13)6-4-8(14)16-15-6/h3-4H,1-2H2,(H3,14,15,16). The molecule has 5 nitrogen and oxygen atoms in total. The summed E-state index contributed by atoms with van der Waals surface area (Å²) < 4.78 is 37.9. The van der Waals surface area contributed by atoms with Crippen molar-refractivity contribution >= 4 is 5.82 Å². The molecule has 1 aliphatic rings. The first-order valence-corrected chi connectivity index (χ1v) is 5.25. The molecule has 7 heteroatoms. The Morgan fingerprint density at radius 3 is 2.72 bits per heavy atom. The lowest BCUT2D eigenvalue weighted by atomic mass is 10.1. The number of hydrogen-bond donors (Lipinski definition) is 2. The predicted octanol–water partition coefficient (Wildman–Crippen LogP) is 1.71. The second kappa shape index (κ2) is 3.86. The summed E-state index contributed by atoms with van der Waals surface area (Å²) in [5, 5.41) is 6.20. The van der Waals surface area contributed by atoms with E-state index >= 15 is 0 Å². The van der Waals surface area contributed by atoms with E-state index in [1.165, 1.54) is 6.07 Å². The Balaban J connectivity index is 2.26. The van der Waals surface area contributed by atoms with Crippen LogP contribution in [-0.2, 0) is 0 Å². The van der Waals surface area contributed by atoms with Crippen molar-refractivity contribution < 1.29 is 18.3 Å². The van der Waals surface area contributed by atoms with Gasteiger partial charge in [0.25, 0.3) is 0 Å². The van der Waals surface area contributed by atoms with E-state index in [1.807, 2.05) is 0 Å². The Kier molecular flexibility index (Phi) is 2.32. The van der Waals surface area contributed by atoms with Crippen molar-refractivity contribution in [3.05, 3.63) is 23.8 Å². The van der Waals surface area contributed by atoms with Crippen molar-refractivity contribution in [3.63, 3.8) is 0 Å². The van der Waals surface area contributed by atoms with Crippen LogP contribution < -0.4 is 15.2 Å². The first-order valence-electron chi connectivity index (χ1n) is 5.25. The van der Waals surface area contributed by atoms with E-state index in [2.05, 4.69) is 10.2 Å². The zero-order chi connectivity index (χ0) is 12.7. The van der Waals surface area contributed by atoms with E-state index in [0.29, 0.717) is 6.61 Å². The summed E-state index contributed by atoms with van der Waals surface area (Å²) in [4.78, 5) is 0. The molecule has 3 rings (SSSR count). The maximum Gasteiger partial charge on any atom is 0.173 e. The lowest BCUT2D eigenvalue weighted by Gasteiger charge is -2.21. The second-order valence-corrected chi connectivity index (χ2v) is 3.78. The Hall–Kier alpha value is -2.31. The van der Waals surface area contributed by atoms with Gasteiger partial charge in [0.15, 0.2) is 23.1 Å². The minimum Gasteiger partial charge on any atom is -0.486 e. The summed E-state index contributed by atoms with van der Waals surface area (Å²) in [5.74, 6) is -1.53. The number of ether oxygens (including phenoxy) is 2. The van der Waals surface area contributed by atoms with Gasteiger partial charge in [-0.25, -0.2) is 8.78 Å². The highest BCUT2D eigenvalue weighted by Gasteiger charge is 2.25. The van der Waals surface area contributed by atoms with E-state index in [-0.39, 0.29) is 35.2 Å². The summed E-state index contributed by atoms with van der Waals surface area (Å²) >= 11 is 0. The van der Waals surface area contributed by atoms with Crippen LogP contribution in [0.3, 0.4) is 0 Å². The van der Waals surface area contributed by atoms with Crippen molar-refractivity contribution in [1.29, 1.82) is 0 Å². The molecule has 1 aliphatic heterocycles. The van der Waals surface area contributed by atoms with E-state index in [4.69, 9.17) is 15.2 Å². The third-order valence-corrected chi connectivity index (χ3v) is 2.59. The average Bonchev–Trinajstić information content (AvgIpc) is 2.77. The van der Waals surface area contributed by atoms with Gasteiger partial charge < -0.3 is 15.2 Å². The number of aromatic amines is 1. The zero-order valence-electron chi connectivity index (χ0n) is 9.17. The molecule has 0 amide bonds. The van der Waals surface area contributed by atoms with E-state index < -0.39 is 11.6 Å². The number of H-pyrrole nitrogens is 1. The normalized spacial score (nSPS) is 13.7. The van der Waals surface area contributed by atoms with Gasteiger partial charge >= 0.3 is 0 Å². The number of nitrogens with zero attached hydrogens (tertiary/aromatic N) is 1. The van der Waals surface area contributed by atoms with Crippen molar-refractivity contribution in [2.45, 2.75) is 0 Å². The molecule has 0 bridgehead atoms. The van der Waals surface area contributed by atoms with Crippen LogP contribution in [0.15, 0.2) is 12.1 Å². The fourth-order valence-corrected chi connectivity index (χ4v) is 1.84. The molecule has 0 spiro atoms. The molecular formula is C11H9F2N3O2. The molecule has 0 saturated heterocycles. The minimum absolute atomic E-state index is 0.0612. The van der Waals surface area contributed by atoms with Crippen molar-refractivity contribution in [2.75, 3.05) is 18.9 Å². The van der Waals surface area contributed by atoms with Crippen LogP contribution in [0.4, 0.5) is 14.6 Å². The Labute approximate surface area is 101 Å². The molecule has 0 unspecified atom stereocenters. The second-order valence-electron chi connectivity index (χ2n) is 3.78. The predicted molar refractivity (Wildman–Crippen MR) is 59.3 cm³/mol. The van der Waals surface area contributed by atoms with Crippen LogP contribution in [0.5, 0.6) is 11.5 Å². The molecule has 0 atom stereocenters. The van der Waals surface area contributed by atoms with Crippen LogP contribution in [-0.4, -0.2) is 23.4 Å². The summed E-state index contributed by atoms with van der Waals surface area (Å²) in [6, 6.07) is 2.36. The maximum atomic E-state index is 13.9. The molecule has 0 fully saturated rings. The Morgan fingerprint density at radius 1 is 1.22 bits per heavy atom. The molecule has 3 N–H and O–H groups in total. The van der Waals surface area contributed by atoms with Gasteiger partial charge in [-0.2, -0.15) is 5.10 Å². The molecule has 0 aliphatic carbocycles. The molecular weight excluding hydrogens is 244 g/mol. The van der Waals surface area contributed by atoms with Crippen LogP contribution in [0.25, 0.3) is 11.3 Å². The Bertz CT molecular complexity index is 613. The summed E-state index contributed by atoms with van der Waals surface area (Å²) in [6.45, 7) is 0.567. The van der Waals surface area contributed by atoms with Gasteiger partial charge in [-0.15, -0.1) is 0 Å². The van der Waals surface area contributed by atoms with Crippen molar-refractivity contribution in [1.82, 2.24) is 10.2 Å². The van der Waals surface area contributed by atoms with Gasteiger partial charge in [0, 0.05) is 12.1 Å². The highest BCUT2D eigenvalue weighted by molar-refractivity contribution is 5.73. The highest BCUT2D eigenvalue weighted by Crippen LogP contribution is 2.42. The summed E-state index contributed by atoms with van der Waals surface area (Å²) in [6.07, 6.45) is 0. The molecule has 1 aromatic heterocycles. The van der Waals surface area contributed by atoms with E-state index in [1.54, 1.807) is 0 Å². The summed E-state index contributed by atoms with van der Waals surface area (Å²) in [7, 11) is 0. The van der Waals surface area contributed by atoms with Crippen LogP contribution in [0.1, 0.15) is 0 Å². The van der Waals surface area contributed by atoms with E-state index in [9.17, 15) is 8.78 Å². The Morgan fingerprint density at radius 2 is 2.00 bits per heavy atom. The average molecular weight is 253 g/mol. The topological polar surface area (TPSA) is 73.2 Å². The molecule has 0 radical (unpaired) electrons. The third kappa shape index (κ3) is 1.55. The lowest BCUT2D eigenvalue weighted by molar-refractivity contribution is 0.170. The van der Waals surface area contributed by atoms with Crippen LogP contribution in [0, 0.1) is 11.6 Å². The SMILES string of the molecule is Nc1cc(-c2c(F)c(F)cc3c2OCCO3)[nH]n1. The number of anilines is 1. The number of nitrogens with one attached hydrogen (secondary N) is 1. The molecule has 2 aromatic rings. The fraction of sp³-hybridized carbons (Fsp3) is 0.182. The monoisotopic (exact) mass is 253 g/mol. The van der Waals surface area contributed by atoms with Gasteiger partial charge in [0.2, 0.25) is 0 Å². The quantitative estimate of drug-likeness (QED) is 0.811. The smallest absolute Gasteiger partial charge is 0.173 e. The van der Waals surface area contributed by atoms with Gasteiger partial charge in [0.1, 0.15) is 19.0 Å².